The summed E-state index contributed by atoms with van der Waals surface area (Å²) >= 11 is 0. The van der Waals surface area contributed by atoms with Crippen LogP contribution in [0.2, 0.25) is 0 Å². The molecule has 0 atom stereocenters. The van der Waals surface area contributed by atoms with Crippen molar-refractivity contribution in [2.45, 2.75) is 31.6 Å². The van der Waals surface area contributed by atoms with E-state index in [1.54, 1.807) is 48.5 Å². The van der Waals surface area contributed by atoms with Gasteiger partial charge in [0.15, 0.2) is 0 Å². The third-order valence-corrected chi connectivity index (χ3v) is 7.07. The second-order valence-electron chi connectivity index (χ2n) is 7.97. The summed E-state index contributed by atoms with van der Waals surface area (Å²) in [4.78, 5) is 12.9. The SMILES string of the molecule is COc1cccc(N(CC(=O)NCCCc2cccc(C)c2)S(=O)(=O)c2ccc(C)cc2)c1. The predicted octanol–water partition coefficient (Wildman–Crippen LogP) is 4.26. The van der Waals surface area contributed by atoms with E-state index in [1.165, 1.54) is 18.2 Å². The Hall–Kier alpha value is -3.32. The quantitative estimate of drug-likeness (QED) is 0.453. The van der Waals surface area contributed by atoms with Crippen LogP contribution in [0.4, 0.5) is 5.69 Å². The molecule has 0 heterocycles. The molecule has 7 heteroatoms. The summed E-state index contributed by atoms with van der Waals surface area (Å²) in [5.74, 6) is 0.146. The number of aryl methyl sites for hydroxylation is 3. The van der Waals surface area contributed by atoms with Gasteiger partial charge >= 0.3 is 0 Å². The van der Waals surface area contributed by atoms with E-state index < -0.39 is 10.0 Å². The number of anilines is 1. The highest BCUT2D eigenvalue weighted by molar-refractivity contribution is 7.92. The van der Waals surface area contributed by atoms with E-state index in [0.717, 1.165) is 22.7 Å². The van der Waals surface area contributed by atoms with Crippen molar-refractivity contribution in [2.75, 3.05) is 24.5 Å². The number of nitrogens with one attached hydrogen (secondary N) is 1. The number of methoxy groups -OCH3 is 1. The predicted molar refractivity (Wildman–Crippen MR) is 131 cm³/mol. The van der Waals surface area contributed by atoms with Crippen molar-refractivity contribution >= 4 is 21.6 Å². The maximum Gasteiger partial charge on any atom is 0.264 e. The molecule has 3 aromatic carbocycles. The molecule has 0 aliphatic carbocycles. The summed E-state index contributed by atoms with van der Waals surface area (Å²) in [6.07, 6.45) is 1.60. The number of carbonyl (C=O) groups is 1. The number of nitrogens with zero attached hydrogens (tertiary/aromatic N) is 1. The van der Waals surface area contributed by atoms with Crippen molar-refractivity contribution in [3.63, 3.8) is 0 Å². The van der Waals surface area contributed by atoms with Crippen LogP contribution in [0.1, 0.15) is 23.1 Å². The minimum Gasteiger partial charge on any atom is -0.497 e. The molecule has 0 aromatic heterocycles. The van der Waals surface area contributed by atoms with Gasteiger partial charge in [0, 0.05) is 12.6 Å². The van der Waals surface area contributed by atoms with Crippen molar-refractivity contribution in [2.24, 2.45) is 0 Å². The number of hydrogen-bond donors (Lipinski definition) is 1. The Labute approximate surface area is 196 Å². The van der Waals surface area contributed by atoms with Crippen molar-refractivity contribution in [3.05, 3.63) is 89.5 Å². The van der Waals surface area contributed by atoms with Gasteiger partial charge in [-0.1, -0.05) is 53.6 Å². The minimum atomic E-state index is -3.95. The van der Waals surface area contributed by atoms with E-state index in [9.17, 15) is 13.2 Å². The molecule has 1 amide bonds. The lowest BCUT2D eigenvalue weighted by molar-refractivity contribution is -0.119. The maximum atomic E-state index is 13.4. The van der Waals surface area contributed by atoms with Crippen LogP contribution in [0, 0.1) is 13.8 Å². The fourth-order valence-corrected chi connectivity index (χ4v) is 4.91. The maximum absolute atomic E-state index is 13.4. The van der Waals surface area contributed by atoms with E-state index in [-0.39, 0.29) is 17.3 Å². The van der Waals surface area contributed by atoms with Gasteiger partial charge in [0.1, 0.15) is 12.3 Å². The first-order valence-corrected chi connectivity index (χ1v) is 12.3. The Balaban J connectivity index is 1.73. The molecule has 0 saturated heterocycles. The summed E-state index contributed by atoms with van der Waals surface area (Å²) in [5.41, 5.74) is 3.73. The highest BCUT2D eigenvalue weighted by atomic mass is 32.2. The van der Waals surface area contributed by atoms with Crippen molar-refractivity contribution in [1.82, 2.24) is 5.32 Å². The molecule has 3 aromatic rings. The van der Waals surface area contributed by atoms with Crippen LogP contribution in [-0.2, 0) is 21.2 Å². The van der Waals surface area contributed by atoms with Gasteiger partial charge < -0.3 is 10.1 Å². The van der Waals surface area contributed by atoms with Gasteiger partial charge in [-0.15, -0.1) is 0 Å². The number of amides is 1. The smallest absolute Gasteiger partial charge is 0.264 e. The molecular formula is C26H30N2O4S. The Morgan fingerprint density at radius 2 is 1.67 bits per heavy atom. The van der Waals surface area contributed by atoms with Crippen molar-refractivity contribution < 1.29 is 17.9 Å². The van der Waals surface area contributed by atoms with Crippen molar-refractivity contribution in [1.29, 1.82) is 0 Å². The first-order valence-electron chi connectivity index (χ1n) is 10.9. The molecule has 33 heavy (non-hydrogen) atoms. The largest absolute Gasteiger partial charge is 0.497 e. The summed E-state index contributed by atoms with van der Waals surface area (Å²) < 4.78 is 33.2. The Morgan fingerprint density at radius 3 is 2.36 bits per heavy atom. The molecule has 0 saturated carbocycles. The second-order valence-corrected chi connectivity index (χ2v) is 9.83. The van der Waals surface area contributed by atoms with Gasteiger partial charge in [0.25, 0.3) is 10.0 Å². The zero-order chi connectivity index (χ0) is 23.8. The Bertz CT molecular complexity index is 1190. The first kappa shape index (κ1) is 24.3. The topological polar surface area (TPSA) is 75.7 Å². The average molecular weight is 467 g/mol. The van der Waals surface area contributed by atoms with Crippen LogP contribution in [-0.4, -0.2) is 34.5 Å². The van der Waals surface area contributed by atoms with E-state index >= 15 is 0 Å². The van der Waals surface area contributed by atoms with Crippen LogP contribution in [0.15, 0.2) is 77.7 Å². The third-order valence-electron chi connectivity index (χ3n) is 5.28. The van der Waals surface area contributed by atoms with Gasteiger partial charge in [0.2, 0.25) is 5.91 Å². The van der Waals surface area contributed by atoms with E-state index in [2.05, 4.69) is 17.4 Å². The van der Waals surface area contributed by atoms with Crippen LogP contribution >= 0.6 is 0 Å². The van der Waals surface area contributed by atoms with Gasteiger partial charge in [-0.2, -0.15) is 0 Å². The molecule has 3 rings (SSSR count). The number of ether oxygens (including phenoxy) is 1. The molecule has 0 bridgehead atoms. The summed E-state index contributed by atoms with van der Waals surface area (Å²) in [7, 11) is -2.44. The molecule has 174 valence electrons. The standard InChI is InChI=1S/C26H30N2O4S/c1-20-12-14-25(15-13-20)33(30,31)28(23-10-5-11-24(18-23)32-3)19-26(29)27-16-6-9-22-8-4-7-21(2)17-22/h4-5,7-8,10-15,17-18H,6,9,16,19H2,1-3H3,(H,27,29). The molecule has 1 N–H and O–H groups in total. The highest BCUT2D eigenvalue weighted by Gasteiger charge is 2.27. The summed E-state index contributed by atoms with van der Waals surface area (Å²) in [6.45, 7) is 4.07. The minimum absolute atomic E-state index is 0.128. The normalized spacial score (nSPS) is 11.1. The van der Waals surface area contributed by atoms with E-state index in [0.29, 0.717) is 18.0 Å². The summed E-state index contributed by atoms with van der Waals surface area (Å²) in [6, 6.07) is 21.5. The number of rotatable bonds is 10. The second kappa shape index (κ2) is 11.0. The Morgan fingerprint density at radius 1 is 0.939 bits per heavy atom. The summed E-state index contributed by atoms with van der Waals surface area (Å²) in [5, 5.41) is 2.85. The van der Waals surface area contributed by atoms with Gasteiger partial charge in [-0.05, 0) is 56.5 Å². The molecule has 6 nitrogen and oxygen atoms in total. The zero-order valence-electron chi connectivity index (χ0n) is 19.2. The van der Waals surface area contributed by atoms with Crippen LogP contribution in [0.3, 0.4) is 0 Å². The highest BCUT2D eigenvalue weighted by Crippen LogP contribution is 2.27. The first-order chi connectivity index (χ1) is 15.8. The molecular weight excluding hydrogens is 436 g/mol. The fraction of sp³-hybridized carbons (Fsp3) is 0.269. The average Bonchev–Trinajstić information content (AvgIpc) is 2.80. The van der Waals surface area contributed by atoms with Crippen LogP contribution in [0.25, 0.3) is 0 Å². The van der Waals surface area contributed by atoms with E-state index in [4.69, 9.17) is 4.74 Å². The van der Waals surface area contributed by atoms with Crippen LogP contribution in [0.5, 0.6) is 5.75 Å². The lowest BCUT2D eigenvalue weighted by atomic mass is 10.1. The molecule has 0 spiro atoms. The fourth-order valence-electron chi connectivity index (χ4n) is 3.49. The third kappa shape index (κ3) is 6.58. The monoisotopic (exact) mass is 466 g/mol. The zero-order valence-corrected chi connectivity index (χ0v) is 20.1. The molecule has 0 fully saturated rings. The molecule has 0 radical (unpaired) electrons. The number of carbonyl (C=O) groups excluding carboxylic acids is 1. The number of sulfonamides is 1. The van der Waals surface area contributed by atoms with E-state index in [1.807, 2.05) is 26.0 Å². The van der Waals surface area contributed by atoms with Crippen LogP contribution < -0.4 is 14.4 Å². The van der Waals surface area contributed by atoms with Gasteiger partial charge in [0.05, 0.1) is 17.7 Å². The van der Waals surface area contributed by atoms with Gasteiger partial charge in [-0.25, -0.2) is 8.42 Å². The molecule has 0 aliphatic rings. The Kier molecular flexibility index (Phi) is 8.11. The molecule has 0 unspecified atom stereocenters. The lowest BCUT2D eigenvalue weighted by Gasteiger charge is -2.24. The number of hydrogen-bond acceptors (Lipinski definition) is 4. The van der Waals surface area contributed by atoms with Gasteiger partial charge in [-0.3, -0.25) is 9.10 Å². The lowest BCUT2D eigenvalue weighted by Crippen LogP contribution is -2.41. The number of benzene rings is 3. The van der Waals surface area contributed by atoms with Crippen molar-refractivity contribution in [3.8, 4) is 5.75 Å². The molecule has 0 aliphatic heterocycles.